The molecule has 0 fully saturated rings. The van der Waals surface area contributed by atoms with Gasteiger partial charge in [0.15, 0.2) is 0 Å². The van der Waals surface area contributed by atoms with Gasteiger partial charge in [0, 0.05) is 21.1 Å². The van der Waals surface area contributed by atoms with Gasteiger partial charge in [-0.15, -0.1) is 11.8 Å². The normalized spacial score (nSPS) is 11.6. The molecule has 0 saturated carbocycles. The minimum Gasteiger partial charge on any atom is -0.455 e. The van der Waals surface area contributed by atoms with E-state index in [9.17, 15) is 0 Å². The monoisotopic (exact) mass is 340 g/mol. The lowest BCUT2D eigenvalue weighted by Crippen LogP contribution is -1.83. The molecule has 0 unspecified atom stereocenters. The summed E-state index contributed by atoms with van der Waals surface area (Å²) in [5, 5.41) is 4.74. The summed E-state index contributed by atoms with van der Waals surface area (Å²) in [7, 11) is 0. The van der Waals surface area contributed by atoms with Crippen LogP contribution in [0.3, 0.4) is 0 Å². The zero-order valence-corrected chi connectivity index (χ0v) is 14.6. The van der Waals surface area contributed by atoms with Crippen molar-refractivity contribution in [3.05, 3.63) is 78.9 Å². The van der Waals surface area contributed by atoms with E-state index in [4.69, 9.17) is 4.42 Å². The average Bonchev–Trinajstić information content (AvgIpc) is 3.06. The molecular weight excluding hydrogens is 324 g/mol. The summed E-state index contributed by atoms with van der Waals surface area (Å²) in [5.41, 5.74) is 4.40. The summed E-state index contributed by atoms with van der Waals surface area (Å²) in [6.45, 7) is 0. The van der Waals surface area contributed by atoms with Crippen LogP contribution in [0.15, 0.2) is 88.2 Å². The zero-order chi connectivity index (χ0) is 16.8. The molecule has 0 bridgehead atoms. The van der Waals surface area contributed by atoms with Crippen LogP contribution in [-0.4, -0.2) is 6.26 Å². The van der Waals surface area contributed by atoms with Gasteiger partial charge in [0.25, 0.3) is 0 Å². The van der Waals surface area contributed by atoms with E-state index in [2.05, 4.69) is 73.0 Å². The lowest BCUT2D eigenvalue weighted by Gasteiger charge is -2.09. The van der Waals surface area contributed by atoms with Gasteiger partial charge in [-0.3, -0.25) is 0 Å². The fourth-order valence-corrected chi connectivity index (χ4v) is 3.96. The number of hydrogen-bond donors (Lipinski definition) is 0. The molecule has 1 nitrogen and oxygen atoms in total. The maximum Gasteiger partial charge on any atom is 0.143 e. The standard InChI is InChI=1S/C23H16OS/c1-25-16-12-10-15(11-13-16)20-14-21-18-7-4-5-9-22(18)24-23(21)19-8-3-2-6-17(19)20/h2-14H,1H3. The van der Waals surface area contributed by atoms with Gasteiger partial charge in [-0.25, -0.2) is 0 Å². The predicted octanol–water partition coefficient (Wildman–Crippen LogP) is 7.13. The van der Waals surface area contributed by atoms with E-state index >= 15 is 0 Å². The highest BCUT2D eigenvalue weighted by Crippen LogP contribution is 2.39. The first-order valence-corrected chi connectivity index (χ1v) is 9.55. The first-order chi connectivity index (χ1) is 12.3. The predicted molar refractivity (Wildman–Crippen MR) is 108 cm³/mol. The third-order valence-corrected chi connectivity index (χ3v) is 5.53. The van der Waals surface area contributed by atoms with Crippen molar-refractivity contribution in [3.8, 4) is 11.1 Å². The van der Waals surface area contributed by atoms with Crippen molar-refractivity contribution in [3.63, 3.8) is 0 Å². The van der Waals surface area contributed by atoms with Gasteiger partial charge >= 0.3 is 0 Å². The molecule has 1 heterocycles. The number of thioether (sulfide) groups is 1. The second-order valence-corrected chi connectivity index (χ2v) is 7.05. The lowest BCUT2D eigenvalue weighted by atomic mass is 9.95. The Kier molecular flexibility index (Phi) is 3.32. The Balaban J connectivity index is 1.91. The van der Waals surface area contributed by atoms with Gasteiger partial charge in [0.05, 0.1) is 0 Å². The number of furan rings is 1. The SMILES string of the molecule is CSc1ccc(-c2cc3c4ccccc4oc3c3ccccc23)cc1. The Bertz CT molecular complexity index is 1220. The van der Waals surface area contributed by atoms with Crippen LogP contribution in [-0.2, 0) is 0 Å². The molecule has 0 aliphatic rings. The zero-order valence-electron chi connectivity index (χ0n) is 13.8. The van der Waals surface area contributed by atoms with Gasteiger partial charge < -0.3 is 4.42 Å². The molecule has 0 N–H and O–H groups in total. The fraction of sp³-hybridized carbons (Fsp3) is 0.0435. The summed E-state index contributed by atoms with van der Waals surface area (Å²) in [6, 6.07) is 27.8. The molecule has 0 saturated heterocycles. The van der Waals surface area contributed by atoms with Crippen LogP contribution in [0.4, 0.5) is 0 Å². The molecule has 5 rings (SSSR count). The molecule has 25 heavy (non-hydrogen) atoms. The smallest absolute Gasteiger partial charge is 0.143 e. The summed E-state index contributed by atoms with van der Waals surface area (Å²) in [5.74, 6) is 0. The maximum absolute atomic E-state index is 6.19. The topological polar surface area (TPSA) is 13.1 Å². The number of fused-ring (bicyclic) bond motifs is 5. The highest BCUT2D eigenvalue weighted by molar-refractivity contribution is 7.98. The molecule has 0 spiro atoms. The van der Waals surface area contributed by atoms with Crippen LogP contribution in [0.1, 0.15) is 0 Å². The van der Waals surface area contributed by atoms with E-state index in [1.807, 2.05) is 12.1 Å². The number of benzene rings is 4. The third-order valence-electron chi connectivity index (χ3n) is 4.79. The molecule has 2 heteroatoms. The van der Waals surface area contributed by atoms with Crippen LogP contribution in [0.2, 0.25) is 0 Å². The van der Waals surface area contributed by atoms with Crippen molar-refractivity contribution in [2.24, 2.45) is 0 Å². The summed E-state index contributed by atoms with van der Waals surface area (Å²) in [6.07, 6.45) is 2.11. The first-order valence-electron chi connectivity index (χ1n) is 8.32. The Morgan fingerprint density at radius 3 is 2.12 bits per heavy atom. The summed E-state index contributed by atoms with van der Waals surface area (Å²) >= 11 is 1.77. The van der Waals surface area contributed by atoms with E-state index in [0.717, 1.165) is 11.2 Å². The Morgan fingerprint density at radius 1 is 0.680 bits per heavy atom. The Morgan fingerprint density at radius 2 is 1.36 bits per heavy atom. The molecule has 0 aliphatic heterocycles. The van der Waals surface area contributed by atoms with Gasteiger partial charge in [-0.1, -0.05) is 54.6 Å². The molecular formula is C23H16OS. The summed E-state index contributed by atoms with van der Waals surface area (Å²) < 4.78 is 6.19. The molecule has 1 aromatic heterocycles. The van der Waals surface area contributed by atoms with E-state index in [0.29, 0.717) is 0 Å². The summed E-state index contributed by atoms with van der Waals surface area (Å²) in [4.78, 5) is 1.28. The largest absolute Gasteiger partial charge is 0.455 e. The highest BCUT2D eigenvalue weighted by Gasteiger charge is 2.14. The second-order valence-electron chi connectivity index (χ2n) is 6.17. The quantitative estimate of drug-likeness (QED) is 0.317. The molecule has 0 radical (unpaired) electrons. The van der Waals surface area contributed by atoms with E-state index < -0.39 is 0 Å². The van der Waals surface area contributed by atoms with Gasteiger partial charge in [0.1, 0.15) is 11.2 Å². The van der Waals surface area contributed by atoms with Crippen molar-refractivity contribution < 1.29 is 4.42 Å². The molecule has 0 aliphatic carbocycles. The van der Waals surface area contributed by atoms with Crippen LogP contribution in [0.25, 0.3) is 43.8 Å². The van der Waals surface area contributed by atoms with Crippen molar-refractivity contribution in [2.45, 2.75) is 4.90 Å². The first kappa shape index (κ1) is 14.6. The molecule has 120 valence electrons. The molecule has 0 amide bonds. The van der Waals surface area contributed by atoms with Crippen molar-refractivity contribution in [2.75, 3.05) is 6.26 Å². The van der Waals surface area contributed by atoms with Crippen LogP contribution in [0.5, 0.6) is 0 Å². The Hall–Kier alpha value is -2.71. The van der Waals surface area contributed by atoms with E-state index in [1.165, 1.54) is 37.6 Å². The van der Waals surface area contributed by atoms with Crippen molar-refractivity contribution >= 4 is 44.5 Å². The maximum atomic E-state index is 6.19. The van der Waals surface area contributed by atoms with E-state index in [1.54, 1.807) is 11.8 Å². The van der Waals surface area contributed by atoms with Crippen LogP contribution in [0, 0.1) is 0 Å². The van der Waals surface area contributed by atoms with E-state index in [-0.39, 0.29) is 0 Å². The lowest BCUT2D eigenvalue weighted by molar-refractivity contribution is 0.672. The average molecular weight is 340 g/mol. The van der Waals surface area contributed by atoms with Crippen molar-refractivity contribution in [1.29, 1.82) is 0 Å². The number of para-hydroxylation sites is 1. The Labute approximate surface area is 150 Å². The number of rotatable bonds is 2. The molecule has 4 aromatic carbocycles. The van der Waals surface area contributed by atoms with Gasteiger partial charge in [-0.2, -0.15) is 0 Å². The minimum atomic E-state index is 0.942. The van der Waals surface area contributed by atoms with Crippen molar-refractivity contribution in [1.82, 2.24) is 0 Å². The van der Waals surface area contributed by atoms with Gasteiger partial charge in [0.2, 0.25) is 0 Å². The van der Waals surface area contributed by atoms with Crippen LogP contribution < -0.4 is 0 Å². The fourth-order valence-electron chi connectivity index (χ4n) is 3.56. The second kappa shape index (κ2) is 5.68. The third kappa shape index (κ3) is 2.25. The molecule has 0 atom stereocenters. The molecule has 5 aromatic rings. The minimum absolute atomic E-state index is 0.942. The van der Waals surface area contributed by atoms with Crippen LogP contribution >= 0.6 is 11.8 Å². The highest BCUT2D eigenvalue weighted by atomic mass is 32.2. The number of hydrogen-bond acceptors (Lipinski definition) is 2. The van der Waals surface area contributed by atoms with Gasteiger partial charge in [-0.05, 0) is 47.0 Å².